The molecular weight excluding hydrogens is 344 g/mol. The van der Waals surface area contributed by atoms with Crippen molar-refractivity contribution in [2.45, 2.75) is 22.6 Å². The Kier molecular flexibility index (Phi) is 5.76. The topological polar surface area (TPSA) is 127 Å². The molecule has 0 radical (unpaired) electrons. The number of hydrogen-bond acceptors (Lipinski definition) is 5. The smallest absolute Gasteiger partial charge is 0.252 e. The lowest BCUT2D eigenvalue weighted by molar-refractivity contribution is -0.109. The molecule has 7 nitrogen and oxygen atoms in total. The van der Waals surface area contributed by atoms with Crippen molar-refractivity contribution in [3.63, 3.8) is 0 Å². The van der Waals surface area contributed by atoms with Gasteiger partial charge in [0.15, 0.2) is 0 Å². The lowest BCUT2D eigenvalue weighted by Crippen LogP contribution is -2.13. The highest BCUT2D eigenvalue weighted by Crippen LogP contribution is 2.26. The van der Waals surface area contributed by atoms with Crippen molar-refractivity contribution in [1.29, 1.82) is 0 Å². The molecule has 2 aromatic carbocycles. The van der Waals surface area contributed by atoms with E-state index in [1.54, 1.807) is 12.1 Å². The number of phenols is 1. The summed E-state index contributed by atoms with van der Waals surface area (Å²) in [6, 6.07) is 9.76. The molecule has 0 aliphatic carbocycles. The molecule has 25 heavy (non-hydrogen) atoms. The molecule has 0 bridgehead atoms. The standard InChI is InChI=1S/C17H18N2O5S/c18-17(22)15-10-14(7-8-16(15)21)25(23,24)13-5-3-12(4-6-13)2-1-9-19-11-20/h3-8,10-11,21H,1-2,9H2,(H2,18,22)(H,19,20). The predicted octanol–water partition coefficient (Wildman–Crippen LogP) is 1.00. The fraction of sp³-hybridized carbons (Fsp3) is 0.176. The van der Waals surface area contributed by atoms with Gasteiger partial charge in [0.2, 0.25) is 16.2 Å². The van der Waals surface area contributed by atoms with Crippen molar-refractivity contribution in [3.8, 4) is 5.75 Å². The van der Waals surface area contributed by atoms with Gasteiger partial charge < -0.3 is 16.2 Å². The van der Waals surface area contributed by atoms with Crippen molar-refractivity contribution < 1.29 is 23.1 Å². The van der Waals surface area contributed by atoms with E-state index in [1.807, 2.05) is 0 Å². The first-order valence-corrected chi connectivity index (χ1v) is 8.98. The average molecular weight is 362 g/mol. The van der Waals surface area contributed by atoms with Gasteiger partial charge in [-0.3, -0.25) is 9.59 Å². The largest absolute Gasteiger partial charge is 0.507 e. The van der Waals surface area contributed by atoms with Gasteiger partial charge in [0.25, 0.3) is 5.91 Å². The number of nitrogens with one attached hydrogen (secondary N) is 1. The van der Waals surface area contributed by atoms with E-state index in [0.717, 1.165) is 24.1 Å². The van der Waals surface area contributed by atoms with E-state index >= 15 is 0 Å². The number of rotatable bonds is 8. The van der Waals surface area contributed by atoms with Gasteiger partial charge in [0.1, 0.15) is 5.75 Å². The SMILES string of the molecule is NC(=O)c1cc(S(=O)(=O)c2ccc(CCCNC=O)cc2)ccc1O. The minimum absolute atomic E-state index is 0.0726. The maximum Gasteiger partial charge on any atom is 0.252 e. The Morgan fingerprint density at radius 2 is 1.76 bits per heavy atom. The molecule has 0 saturated heterocycles. The summed E-state index contributed by atoms with van der Waals surface area (Å²) in [7, 11) is -3.84. The summed E-state index contributed by atoms with van der Waals surface area (Å²) >= 11 is 0. The molecule has 2 amide bonds. The molecule has 0 spiro atoms. The second-order valence-electron chi connectivity index (χ2n) is 5.37. The molecule has 0 aromatic heterocycles. The van der Waals surface area contributed by atoms with Gasteiger partial charge in [-0.1, -0.05) is 12.1 Å². The zero-order valence-corrected chi connectivity index (χ0v) is 14.1. The maximum atomic E-state index is 12.6. The minimum atomic E-state index is -3.84. The summed E-state index contributed by atoms with van der Waals surface area (Å²) < 4.78 is 25.3. The number of sulfone groups is 1. The molecule has 4 N–H and O–H groups in total. The molecule has 132 valence electrons. The molecule has 0 unspecified atom stereocenters. The highest BCUT2D eigenvalue weighted by Gasteiger charge is 2.20. The number of nitrogens with two attached hydrogens (primary N) is 1. The normalized spacial score (nSPS) is 11.0. The molecule has 0 aliphatic heterocycles. The van der Waals surface area contributed by atoms with Gasteiger partial charge >= 0.3 is 0 Å². The number of carbonyl (C=O) groups excluding carboxylic acids is 2. The molecule has 2 rings (SSSR count). The molecule has 8 heteroatoms. The first-order chi connectivity index (χ1) is 11.9. The van der Waals surface area contributed by atoms with E-state index in [4.69, 9.17) is 5.73 Å². The van der Waals surface area contributed by atoms with Crippen LogP contribution in [0.25, 0.3) is 0 Å². The van der Waals surface area contributed by atoms with Crippen LogP contribution in [0.5, 0.6) is 5.75 Å². The van der Waals surface area contributed by atoms with E-state index in [0.29, 0.717) is 19.4 Å². The van der Waals surface area contributed by atoms with E-state index in [9.17, 15) is 23.1 Å². The highest BCUT2D eigenvalue weighted by molar-refractivity contribution is 7.91. The number of amides is 2. The van der Waals surface area contributed by atoms with E-state index in [1.165, 1.54) is 18.2 Å². The van der Waals surface area contributed by atoms with Crippen LogP contribution in [0.2, 0.25) is 0 Å². The van der Waals surface area contributed by atoms with Crippen LogP contribution in [0.1, 0.15) is 22.3 Å². The number of hydrogen-bond donors (Lipinski definition) is 3. The lowest BCUT2D eigenvalue weighted by atomic mass is 10.1. The number of benzene rings is 2. The Morgan fingerprint density at radius 1 is 1.12 bits per heavy atom. The van der Waals surface area contributed by atoms with Crippen LogP contribution in [-0.4, -0.2) is 32.4 Å². The van der Waals surface area contributed by atoms with Crippen molar-refractivity contribution in [3.05, 3.63) is 53.6 Å². The van der Waals surface area contributed by atoms with E-state index < -0.39 is 15.7 Å². The highest BCUT2D eigenvalue weighted by atomic mass is 32.2. The Bertz CT molecular complexity index is 876. The fourth-order valence-electron chi connectivity index (χ4n) is 2.30. The van der Waals surface area contributed by atoms with E-state index in [-0.39, 0.29) is 21.1 Å². The Labute approximate surface area is 145 Å². The van der Waals surface area contributed by atoms with E-state index in [2.05, 4.69) is 5.32 Å². The van der Waals surface area contributed by atoms with Crippen LogP contribution in [-0.2, 0) is 21.1 Å². The summed E-state index contributed by atoms with van der Waals surface area (Å²) in [6.45, 7) is 0.549. The Hall–Kier alpha value is -2.87. The van der Waals surface area contributed by atoms with Crippen molar-refractivity contribution >= 4 is 22.2 Å². The van der Waals surface area contributed by atoms with Crippen molar-refractivity contribution in [2.75, 3.05) is 6.54 Å². The zero-order valence-electron chi connectivity index (χ0n) is 13.3. The quantitative estimate of drug-likeness (QED) is 0.477. The van der Waals surface area contributed by atoms with Gasteiger partial charge in [-0.2, -0.15) is 0 Å². The third kappa shape index (κ3) is 4.36. The summed E-state index contributed by atoms with van der Waals surface area (Å²) in [4.78, 5) is 21.4. The second kappa shape index (κ2) is 7.80. The van der Waals surface area contributed by atoms with Crippen LogP contribution < -0.4 is 11.1 Å². The molecular formula is C17H18N2O5S. The number of primary amides is 1. The van der Waals surface area contributed by atoms with Gasteiger partial charge in [-0.15, -0.1) is 0 Å². The molecule has 0 aliphatic rings. The van der Waals surface area contributed by atoms with Crippen LogP contribution in [0.15, 0.2) is 52.3 Å². The third-order valence-corrected chi connectivity index (χ3v) is 5.41. The summed E-state index contributed by atoms with van der Waals surface area (Å²) in [6.07, 6.45) is 2.07. The summed E-state index contributed by atoms with van der Waals surface area (Å²) in [5, 5.41) is 12.1. The second-order valence-corrected chi connectivity index (χ2v) is 7.32. The number of carbonyl (C=O) groups is 2. The molecule has 0 heterocycles. The minimum Gasteiger partial charge on any atom is -0.507 e. The van der Waals surface area contributed by atoms with Crippen molar-refractivity contribution in [2.24, 2.45) is 5.73 Å². The summed E-state index contributed by atoms with van der Waals surface area (Å²) in [5.74, 6) is -1.28. The number of aromatic hydroxyl groups is 1. The Morgan fingerprint density at radius 3 is 2.36 bits per heavy atom. The van der Waals surface area contributed by atoms with Gasteiger partial charge in [-0.05, 0) is 48.7 Å². The molecule has 0 fully saturated rings. The third-order valence-electron chi connectivity index (χ3n) is 3.65. The van der Waals surface area contributed by atoms with Gasteiger partial charge in [0.05, 0.1) is 15.4 Å². The van der Waals surface area contributed by atoms with Crippen LogP contribution in [0, 0.1) is 0 Å². The van der Waals surface area contributed by atoms with Gasteiger partial charge in [-0.25, -0.2) is 8.42 Å². The fourth-order valence-corrected chi connectivity index (χ4v) is 3.59. The first kappa shape index (κ1) is 18.5. The average Bonchev–Trinajstić information content (AvgIpc) is 2.59. The van der Waals surface area contributed by atoms with Crippen LogP contribution in [0.4, 0.5) is 0 Å². The lowest BCUT2D eigenvalue weighted by Gasteiger charge is -2.08. The first-order valence-electron chi connectivity index (χ1n) is 7.50. The molecule has 0 saturated carbocycles. The maximum absolute atomic E-state index is 12.6. The van der Waals surface area contributed by atoms with Gasteiger partial charge in [0, 0.05) is 6.54 Å². The zero-order chi connectivity index (χ0) is 18.4. The Balaban J connectivity index is 2.23. The van der Waals surface area contributed by atoms with Crippen LogP contribution >= 0.6 is 0 Å². The van der Waals surface area contributed by atoms with Crippen LogP contribution in [0.3, 0.4) is 0 Å². The molecule has 2 aromatic rings. The molecule has 0 atom stereocenters. The summed E-state index contributed by atoms with van der Waals surface area (Å²) in [5.41, 5.74) is 5.82. The van der Waals surface area contributed by atoms with Crippen molar-refractivity contribution in [1.82, 2.24) is 5.32 Å². The predicted molar refractivity (Wildman–Crippen MR) is 90.9 cm³/mol. The number of aryl methyl sites for hydroxylation is 1. The monoisotopic (exact) mass is 362 g/mol.